The maximum absolute atomic E-state index is 3.57. The Balaban J connectivity index is 3.13. The van der Waals surface area contributed by atoms with Crippen LogP contribution in [0.2, 0.25) is 0 Å². The lowest BCUT2D eigenvalue weighted by molar-refractivity contribution is 0.690. The third-order valence-corrected chi connectivity index (χ3v) is 6.23. The highest BCUT2D eigenvalue weighted by molar-refractivity contribution is 9.12. The van der Waals surface area contributed by atoms with Crippen molar-refractivity contribution in [2.24, 2.45) is 0 Å². The van der Waals surface area contributed by atoms with Gasteiger partial charge in [0.2, 0.25) is 0 Å². The van der Waals surface area contributed by atoms with Crippen LogP contribution >= 0.6 is 63.7 Å². The Morgan fingerprint density at radius 3 is 1.45 bits per heavy atom. The molecule has 68 valence electrons. The van der Waals surface area contributed by atoms with E-state index < -0.39 is 0 Å². The molecule has 0 aliphatic heterocycles. The summed E-state index contributed by atoms with van der Waals surface area (Å²) in [5.41, 5.74) is 0. The Morgan fingerprint density at radius 2 is 1.18 bits per heavy atom. The van der Waals surface area contributed by atoms with Crippen molar-refractivity contribution in [3.63, 3.8) is 0 Å². The molecule has 0 saturated heterocycles. The van der Waals surface area contributed by atoms with Crippen LogP contribution in [0.4, 0.5) is 0 Å². The highest BCUT2D eigenvalue weighted by Gasteiger charge is 2.04. The van der Waals surface area contributed by atoms with Crippen molar-refractivity contribution in [1.29, 1.82) is 0 Å². The molecule has 0 fully saturated rings. The van der Waals surface area contributed by atoms with Gasteiger partial charge in [-0.05, 0) is 12.8 Å². The van der Waals surface area contributed by atoms with Gasteiger partial charge in [-0.1, -0.05) is 70.1 Å². The minimum Gasteiger partial charge on any atom is -0.0916 e. The van der Waals surface area contributed by atoms with Crippen LogP contribution in [0.5, 0.6) is 0 Å². The van der Waals surface area contributed by atoms with E-state index >= 15 is 0 Å². The molecule has 0 rings (SSSR count). The van der Waals surface area contributed by atoms with Crippen LogP contribution in [0, 0.1) is 0 Å². The Kier molecular flexibility index (Phi) is 10.0. The summed E-state index contributed by atoms with van der Waals surface area (Å²) in [4.78, 5) is 1.27. The van der Waals surface area contributed by atoms with Crippen molar-refractivity contribution in [1.82, 2.24) is 0 Å². The Labute approximate surface area is 102 Å². The fourth-order valence-corrected chi connectivity index (χ4v) is 2.01. The summed E-state index contributed by atoms with van der Waals surface area (Å²) in [6.07, 6.45) is 3.78. The molecule has 0 aliphatic rings. The van der Waals surface area contributed by atoms with Crippen LogP contribution in [0.15, 0.2) is 0 Å². The molecule has 2 atom stereocenters. The van der Waals surface area contributed by atoms with Gasteiger partial charge in [-0.2, -0.15) is 0 Å². The molecule has 0 radical (unpaired) electrons. The first kappa shape index (κ1) is 12.9. The summed E-state index contributed by atoms with van der Waals surface area (Å²) in [5, 5.41) is 2.10. The van der Waals surface area contributed by atoms with Crippen molar-refractivity contribution < 1.29 is 0 Å². The van der Waals surface area contributed by atoms with Crippen LogP contribution in [0.25, 0.3) is 0 Å². The zero-order chi connectivity index (χ0) is 8.69. The van der Waals surface area contributed by atoms with Crippen molar-refractivity contribution >= 4 is 63.7 Å². The highest BCUT2D eigenvalue weighted by Crippen LogP contribution is 2.17. The van der Waals surface area contributed by atoms with Crippen molar-refractivity contribution in [2.75, 3.05) is 10.7 Å². The van der Waals surface area contributed by atoms with Gasteiger partial charge in [-0.25, -0.2) is 0 Å². The van der Waals surface area contributed by atoms with Gasteiger partial charge in [0.25, 0.3) is 0 Å². The third kappa shape index (κ3) is 8.26. The summed E-state index contributed by atoms with van der Waals surface area (Å²) in [5.74, 6) is 0. The van der Waals surface area contributed by atoms with Gasteiger partial charge in [0, 0.05) is 20.3 Å². The quantitative estimate of drug-likeness (QED) is 0.561. The van der Waals surface area contributed by atoms with Crippen LogP contribution in [0.3, 0.4) is 0 Å². The van der Waals surface area contributed by atoms with E-state index in [-0.39, 0.29) is 0 Å². The number of rotatable bonds is 6. The molecule has 0 aromatic heterocycles. The van der Waals surface area contributed by atoms with Crippen LogP contribution in [-0.4, -0.2) is 20.3 Å². The zero-order valence-electron chi connectivity index (χ0n) is 6.20. The first-order valence-electron chi connectivity index (χ1n) is 3.60. The lowest BCUT2D eigenvalue weighted by Gasteiger charge is -2.07. The summed E-state index contributed by atoms with van der Waals surface area (Å²) >= 11 is 14.0. The zero-order valence-corrected chi connectivity index (χ0v) is 12.5. The molecule has 0 aromatic rings. The fraction of sp³-hybridized carbons (Fsp3) is 1.00. The minimum atomic E-state index is 0.637. The molecule has 0 heterocycles. The lowest BCUT2D eigenvalue weighted by atomic mass is 10.2. The minimum absolute atomic E-state index is 0.637. The second kappa shape index (κ2) is 8.52. The third-order valence-electron chi connectivity index (χ3n) is 1.37. The molecule has 0 nitrogen and oxygen atoms in total. The number of halogens is 4. The lowest BCUT2D eigenvalue weighted by Crippen LogP contribution is -2.03. The Hall–Kier alpha value is 1.92. The molecular formula is C7H12Br4. The Bertz CT molecular complexity index is 76.5. The largest absolute Gasteiger partial charge is 0.0916 e. The molecule has 0 saturated carbocycles. The molecule has 0 aliphatic carbocycles. The maximum Gasteiger partial charge on any atom is 0.0242 e. The van der Waals surface area contributed by atoms with Crippen molar-refractivity contribution in [3.05, 3.63) is 0 Å². The standard InChI is InChI=1S/C7H12Br4/c8-4-6(10)2-1-3-7(11)5-9/h6-7H,1-5H2/t6-,7+. The Morgan fingerprint density at radius 1 is 0.818 bits per heavy atom. The van der Waals surface area contributed by atoms with Gasteiger partial charge in [0.15, 0.2) is 0 Å². The summed E-state index contributed by atoms with van der Waals surface area (Å²) in [7, 11) is 0. The molecular weight excluding hydrogens is 404 g/mol. The molecule has 0 unspecified atom stereocenters. The van der Waals surface area contributed by atoms with E-state index in [0.29, 0.717) is 9.65 Å². The van der Waals surface area contributed by atoms with Gasteiger partial charge in [0.05, 0.1) is 0 Å². The van der Waals surface area contributed by atoms with E-state index in [9.17, 15) is 0 Å². The first-order valence-corrected chi connectivity index (χ1v) is 7.68. The van der Waals surface area contributed by atoms with Crippen LogP contribution < -0.4 is 0 Å². The highest BCUT2D eigenvalue weighted by atomic mass is 79.9. The summed E-state index contributed by atoms with van der Waals surface area (Å²) < 4.78 is 0. The first-order chi connectivity index (χ1) is 5.20. The number of alkyl halides is 4. The second-order valence-electron chi connectivity index (χ2n) is 2.43. The van der Waals surface area contributed by atoms with E-state index in [1.165, 1.54) is 19.3 Å². The SMILES string of the molecule is BrC[C@@H](Br)CCC[C@@H](Br)CBr. The molecule has 11 heavy (non-hydrogen) atoms. The topological polar surface area (TPSA) is 0 Å². The average Bonchev–Trinajstić information content (AvgIpc) is 2.04. The second-order valence-corrected chi connectivity index (χ2v) is 6.32. The molecule has 4 heteroatoms. The summed E-state index contributed by atoms with van der Waals surface area (Å²) in [6, 6.07) is 0. The van der Waals surface area contributed by atoms with Gasteiger partial charge < -0.3 is 0 Å². The van der Waals surface area contributed by atoms with E-state index in [4.69, 9.17) is 0 Å². The van der Waals surface area contributed by atoms with Gasteiger partial charge in [0.1, 0.15) is 0 Å². The van der Waals surface area contributed by atoms with Crippen molar-refractivity contribution in [2.45, 2.75) is 28.9 Å². The monoisotopic (exact) mass is 412 g/mol. The van der Waals surface area contributed by atoms with Gasteiger partial charge in [-0.3, -0.25) is 0 Å². The number of hydrogen-bond acceptors (Lipinski definition) is 0. The average molecular weight is 416 g/mol. The fourth-order valence-electron chi connectivity index (χ4n) is 0.715. The predicted molar refractivity (Wildman–Crippen MR) is 66.9 cm³/mol. The smallest absolute Gasteiger partial charge is 0.0242 e. The molecule has 0 aromatic carbocycles. The normalized spacial score (nSPS) is 16.4. The van der Waals surface area contributed by atoms with Gasteiger partial charge in [-0.15, -0.1) is 0 Å². The van der Waals surface area contributed by atoms with E-state index in [2.05, 4.69) is 63.7 Å². The van der Waals surface area contributed by atoms with E-state index in [0.717, 1.165) is 10.7 Å². The van der Waals surface area contributed by atoms with Gasteiger partial charge >= 0.3 is 0 Å². The van der Waals surface area contributed by atoms with Crippen LogP contribution in [-0.2, 0) is 0 Å². The molecule has 0 N–H and O–H groups in total. The van der Waals surface area contributed by atoms with E-state index in [1.54, 1.807) is 0 Å². The molecule has 0 amide bonds. The number of hydrogen-bond donors (Lipinski definition) is 0. The molecule has 0 bridgehead atoms. The van der Waals surface area contributed by atoms with Crippen molar-refractivity contribution in [3.8, 4) is 0 Å². The summed E-state index contributed by atoms with van der Waals surface area (Å²) in [6.45, 7) is 0. The van der Waals surface area contributed by atoms with Crippen LogP contribution in [0.1, 0.15) is 19.3 Å². The maximum atomic E-state index is 3.57. The predicted octanol–water partition coefficient (Wildman–Crippen LogP) is 4.47. The molecule has 0 spiro atoms. The van der Waals surface area contributed by atoms with E-state index in [1.807, 2.05) is 0 Å².